The van der Waals surface area contributed by atoms with Crippen LogP contribution in [0.15, 0.2) is 53.7 Å². The van der Waals surface area contributed by atoms with Gasteiger partial charge in [-0.15, -0.1) is 4.91 Å². The average molecular weight is 491 g/mol. The second-order valence-electron chi connectivity index (χ2n) is 8.67. The largest absolute Gasteiger partial charge is 0.469 e. The van der Waals surface area contributed by atoms with E-state index in [1.165, 1.54) is 7.11 Å². The Morgan fingerprint density at radius 3 is 2.57 bits per heavy atom. The molecule has 8 heteroatoms. The molecule has 1 rings (SSSR count). The number of esters is 2. The zero-order chi connectivity index (χ0) is 25.7. The minimum atomic E-state index is -0.770. The number of allylic oxidation sites excluding steroid dienone is 4. The van der Waals surface area contributed by atoms with Gasteiger partial charge in [0, 0.05) is 12.6 Å². The molecule has 2 atom stereocenters. The molecule has 0 saturated carbocycles. The van der Waals surface area contributed by atoms with Crippen molar-refractivity contribution in [3.8, 4) is 0 Å². The predicted molar refractivity (Wildman–Crippen MR) is 137 cm³/mol. The van der Waals surface area contributed by atoms with Gasteiger partial charge < -0.3 is 19.5 Å². The molecule has 1 aliphatic rings. The number of aliphatic hydroxyl groups is 1. The molecule has 0 aliphatic carbocycles. The summed E-state index contributed by atoms with van der Waals surface area (Å²) in [6, 6.07) is 0. The molecule has 0 spiro atoms. The van der Waals surface area contributed by atoms with Crippen molar-refractivity contribution in [2.45, 2.75) is 96.2 Å². The molecule has 0 radical (unpaired) electrons. The highest BCUT2D eigenvalue weighted by Crippen LogP contribution is 2.17. The first-order valence-corrected chi connectivity index (χ1v) is 12.7. The van der Waals surface area contributed by atoms with Gasteiger partial charge in [-0.25, -0.2) is 0 Å². The molecule has 2 unspecified atom stereocenters. The van der Waals surface area contributed by atoms with Crippen molar-refractivity contribution in [1.29, 1.82) is 0 Å². The van der Waals surface area contributed by atoms with E-state index in [9.17, 15) is 19.6 Å². The zero-order valence-electron chi connectivity index (χ0n) is 21.3. The van der Waals surface area contributed by atoms with Gasteiger partial charge in [0.25, 0.3) is 0 Å². The van der Waals surface area contributed by atoms with Crippen molar-refractivity contribution in [2.24, 2.45) is 5.18 Å². The highest BCUT2D eigenvalue weighted by molar-refractivity contribution is 5.72. The summed E-state index contributed by atoms with van der Waals surface area (Å²) in [4.78, 5) is 35.8. The Morgan fingerprint density at radius 1 is 1.06 bits per heavy atom. The molecule has 8 nitrogen and oxygen atoms in total. The maximum atomic E-state index is 12.6. The molecule has 0 fully saturated rings. The lowest BCUT2D eigenvalue weighted by Crippen LogP contribution is -2.35. The fourth-order valence-electron chi connectivity index (χ4n) is 3.74. The van der Waals surface area contributed by atoms with Crippen LogP contribution >= 0.6 is 0 Å². The smallest absolute Gasteiger partial charge is 0.326 e. The highest BCUT2D eigenvalue weighted by atomic mass is 16.6. The molecular weight excluding hydrogens is 448 g/mol. The number of carbonyl (C=O) groups is 2. The molecule has 0 bridgehead atoms. The second-order valence-corrected chi connectivity index (χ2v) is 8.67. The Morgan fingerprint density at radius 2 is 1.83 bits per heavy atom. The minimum Gasteiger partial charge on any atom is -0.469 e. The fourth-order valence-corrected chi connectivity index (χ4v) is 3.74. The maximum absolute atomic E-state index is 12.6. The van der Waals surface area contributed by atoms with Crippen LogP contribution in [0.3, 0.4) is 0 Å². The first kappa shape index (κ1) is 30.3. The Hall–Kier alpha value is -2.74. The van der Waals surface area contributed by atoms with Gasteiger partial charge in [-0.05, 0) is 55.9 Å². The number of unbranched alkanes of at least 4 members (excludes halogenated alkanes) is 7. The van der Waals surface area contributed by atoms with E-state index in [0.29, 0.717) is 25.0 Å². The van der Waals surface area contributed by atoms with E-state index in [0.717, 1.165) is 64.0 Å². The average Bonchev–Trinajstić information content (AvgIpc) is 2.85. The van der Waals surface area contributed by atoms with Crippen molar-refractivity contribution < 1.29 is 24.2 Å². The molecule has 0 saturated heterocycles. The molecule has 1 aliphatic heterocycles. The van der Waals surface area contributed by atoms with Gasteiger partial charge in [-0.3, -0.25) is 9.59 Å². The number of hydrogen-bond acceptors (Lipinski definition) is 8. The lowest BCUT2D eigenvalue weighted by atomic mass is 10.0. The van der Waals surface area contributed by atoms with E-state index >= 15 is 0 Å². The third-order valence-electron chi connectivity index (χ3n) is 5.79. The Labute approximate surface area is 209 Å². The van der Waals surface area contributed by atoms with Crippen LogP contribution in [0.4, 0.5) is 0 Å². The number of aliphatic hydroxyl groups excluding tert-OH is 1. The summed E-state index contributed by atoms with van der Waals surface area (Å²) in [7, 11) is 1.41. The van der Waals surface area contributed by atoms with Crippen LogP contribution in [-0.2, 0) is 19.1 Å². The summed E-state index contributed by atoms with van der Waals surface area (Å²) in [5.74, 6) is -0.610. The standard InChI is InChI=1S/C27H42N2O6/c1-3-4-11-18-25(35-27(32)22-29-20-15-14-16-23(29)21-28-33)24(30)17-12-9-7-5-6-8-10-13-19-26(31)34-2/h9,12,14-16,20-21,24-25,30H,3-8,10-11,13,17-19,22H2,1-2H3/b12-9+,23-21+. The number of ether oxygens (including phenoxy) is 2. The van der Waals surface area contributed by atoms with E-state index in [1.54, 1.807) is 29.3 Å². The lowest BCUT2D eigenvalue weighted by Gasteiger charge is -2.26. The van der Waals surface area contributed by atoms with Gasteiger partial charge in [-0.1, -0.05) is 57.3 Å². The van der Waals surface area contributed by atoms with Crippen LogP contribution in [0.25, 0.3) is 0 Å². The van der Waals surface area contributed by atoms with Gasteiger partial charge >= 0.3 is 11.9 Å². The van der Waals surface area contributed by atoms with Crippen LogP contribution in [0, 0.1) is 4.91 Å². The monoisotopic (exact) mass is 490 g/mol. The van der Waals surface area contributed by atoms with Gasteiger partial charge in [0.15, 0.2) is 0 Å². The SMILES string of the molecule is CCCCCC(OC(=O)CN1C=CC=C/C1=C\N=O)C(O)C/C=C/CCCCCCCC(=O)OC. The number of nitroso groups, excluding NO2 is 1. The lowest BCUT2D eigenvalue weighted by molar-refractivity contribution is -0.155. The molecular formula is C27H42N2O6. The quantitative estimate of drug-likeness (QED) is 0.107. The van der Waals surface area contributed by atoms with Crippen LogP contribution in [0.1, 0.15) is 84.0 Å². The molecule has 0 aromatic heterocycles. The van der Waals surface area contributed by atoms with Crippen LogP contribution in [0.5, 0.6) is 0 Å². The second kappa shape index (κ2) is 19.6. The Balaban J connectivity index is 2.41. The highest BCUT2D eigenvalue weighted by Gasteiger charge is 2.23. The first-order valence-electron chi connectivity index (χ1n) is 12.7. The predicted octanol–water partition coefficient (Wildman–Crippen LogP) is 5.68. The number of methoxy groups -OCH3 is 1. The van der Waals surface area contributed by atoms with Crippen molar-refractivity contribution in [1.82, 2.24) is 4.90 Å². The topological polar surface area (TPSA) is 106 Å². The molecule has 35 heavy (non-hydrogen) atoms. The normalized spacial score (nSPS) is 16.0. The Bertz CT molecular complexity index is 744. The van der Waals surface area contributed by atoms with Gasteiger partial charge in [0.05, 0.1) is 25.1 Å². The van der Waals surface area contributed by atoms with Crippen LogP contribution < -0.4 is 0 Å². The van der Waals surface area contributed by atoms with Gasteiger partial charge in [0.1, 0.15) is 12.6 Å². The summed E-state index contributed by atoms with van der Waals surface area (Å²) in [6.45, 7) is 2.04. The van der Waals surface area contributed by atoms with E-state index in [1.807, 2.05) is 6.08 Å². The number of nitrogens with zero attached hydrogens (tertiary/aromatic N) is 2. The van der Waals surface area contributed by atoms with Crippen molar-refractivity contribution in [3.63, 3.8) is 0 Å². The van der Waals surface area contributed by atoms with Crippen molar-refractivity contribution in [3.05, 3.63) is 53.4 Å². The molecule has 1 heterocycles. The number of hydrogen-bond donors (Lipinski definition) is 1. The van der Waals surface area contributed by atoms with E-state index in [-0.39, 0.29) is 12.5 Å². The molecule has 1 N–H and O–H groups in total. The Kier molecular flexibility index (Phi) is 16.9. The third kappa shape index (κ3) is 14.3. The molecule has 0 aromatic carbocycles. The van der Waals surface area contributed by atoms with E-state index in [2.05, 4.69) is 22.9 Å². The summed E-state index contributed by atoms with van der Waals surface area (Å²) in [5, 5.41) is 13.5. The molecule has 196 valence electrons. The third-order valence-corrected chi connectivity index (χ3v) is 5.79. The zero-order valence-corrected chi connectivity index (χ0v) is 21.3. The summed E-state index contributed by atoms with van der Waals surface area (Å²) < 4.78 is 10.3. The van der Waals surface area contributed by atoms with E-state index in [4.69, 9.17) is 4.74 Å². The summed E-state index contributed by atoms with van der Waals surface area (Å²) in [6.07, 6.45) is 21.2. The first-order chi connectivity index (χ1) is 17.0. The maximum Gasteiger partial charge on any atom is 0.326 e. The summed E-state index contributed by atoms with van der Waals surface area (Å²) in [5.41, 5.74) is 0.508. The minimum absolute atomic E-state index is 0.0609. The molecule has 0 aromatic rings. The van der Waals surface area contributed by atoms with Crippen LogP contribution in [0.2, 0.25) is 0 Å². The number of carbonyl (C=O) groups excluding carboxylic acids is 2. The van der Waals surface area contributed by atoms with Gasteiger partial charge in [-0.2, -0.15) is 0 Å². The van der Waals surface area contributed by atoms with Crippen LogP contribution in [-0.4, -0.2) is 47.8 Å². The van der Waals surface area contributed by atoms with Crippen molar-refractivity contribution >= 4 is 11.9 Å². The molecule has 0 amide bonds. The number of rotatable bonds is 19. The van der Waals surface area contributed by atoms with Crippen molar-refractivity contribution in [2.75, 3.05) is 13.7 Å². The summed E-state index contributed by atoms with van der Waals surface area (Å²) >= 11 is 0. The fraction of sp³-hybridized carbons (Fsp3) is 0.630. The van der Waals surface area contributed by atoms with Gasteiger partial charge in [0.2, 0.25) is 0 Å². The van der Waals surface area contributed by atoms with E-state index < -0.39 is 18.2 Å².